The highest BCUT2D eigenvalue weighted by Crippen LogP contribution is 2.37. The van der Waals surface area contributed by atoms with Crippen LogP contribution in [0.5, 0.6) is 5.75 Å². The highest BCUT2D eigenvalue weighted by Gasteiger charge is 2.53. The highest BCUT2D eigenvalue weighted by atomic mass is 16.6. The van der Waals surface area contributed by atoms with Gasteiger partial charge >= 0.3 is 6.09 Å². The topological polar surface area (TPSA) is 261 Å². The van der Waals surface area contributed by atoms with Crippen LogP contribution in [0.3, 0.4) is 0 Å². The average molecular weight is 931 g/mol. The Labute approximate surface area is 387 Å². The lowest BCUT2D eigenvalue weighted by atomic mass is 9.84. The molecule has 4 atom stereocenters. The number of likely N-dealkylation sites (tertiary alicyclic amines) is 1. The molecule has 0 radical (unpaired) electrons. The number of hydrogen-bond donors (Lipinski definition) is 4. The largest absolute Gasteiger partial charge is 0.483 e. The Hall–Kier alpha value is -6.48. The molecule has 9 amide bonds. The van der Waals surface area contributed by atoms with Crippen molar-refractivity contribution >= 4 is 53.4 Å². The Bertz CT molecular complexity index is 2240. The van der Waals surface area contributed by atoms with Gasteiger partial charge in [-0.25, -0.2) is 4.79 Å². The molecule has 360 valence electrons. The van der Waals surface area contributed by atoms with Crippen LogP contribution in [0.15, 0.2) is 42.6 Å². The summed E-state index contributed by atoms with van der Waals surface area (Å²) in [6, 6.07) is 7.00. The minimum atomic E-state index is -1.13. The van der Waals surface area contributed by atoms with Crippen LogP contribution in [-0.4, -0.2) is 155 Å². The highest BCUT2D eigenvalue weighted by molar-refractivity contribution is 6.24. The molecule has 1 unspecified atom stereocenters. The normalized spacial score (nSPS) is 22.4. The molecule has 6 heterocycles. The number of aromatic nitrogens is 1. The smallest absolute Gasteiger partial charge is 0.408 e. The predicted octanol–water partition coefficient (Wildman–Crippen LogP) is 1.08. The summed E-state index contributed by atoms with van der Waals surface area (Å²) in [5.41, 5.74) is -1.11. The maximum absolute atomic E-state index is 14.1. The van der Waals surface area contributed by atoms with E-state index in [1.165, 1.54) is 18.2 Å². The van der Waals surface area contributed by atoms with Crippen molar-refractivity contribution in [3.63, 3.8) is 0 Å². The number of carbonyl (C=O) groups excluding carboxylic acids is 9. The van der Waals surface area contributed by atoms with E-state index in [4.69, 9.17) is 18.9 Å². The van der Waals surface area contributed by atoms with Crippen LogP contribution >= 0.6 is 0 Å². The number of carbonyl (C=O) groups is 9. The second-order valence-electron chi connectivity index (χ2n) is 18.3. The summed E-state index contributed by atoms with van der Waals surface area (Å²) in [5, 5.41) is 10.6. The van der Waals surface area contributed by atoms with E-state index in [0.717, 1.165) is 24.2 Å². The van der Waals surface area contributed by atoms with Crippen LogP contribution in [0, 0.1) is 0 Å². The quantitative estimate of drug-likeness (QED) is 0.128. The van der Waals surface area contributed by atoms with Crippen molar-refractivity contribution in [2.75, 3.05) is 52.7 Å². The Morgan fingerprint density at radius 1 is 0.851 bits per heavy atom. The van der Waals surface area contributed by atoms with Gasteiger partial charge in [0.1, 0.15) is 35.0 Å². The molecular formula is C46H58N8O13. The van der Waals surface area contributed by atoms with Crippen LogP contribution in [-0.2, 0) is 48.5 Å². The van der Waals surface area contributed by atoms with Gasteiger partial charge < -0.3 is 44.7 Å². The van der Waals surface area contributed by atoms with Crippen molar-refractivity contribution in [3.05, 3.63) is 59.4 Å². The van der Waals surface area contributed by atoms with Crippen LogP contribution < -0.4 is 26.0 Å². The summed E-state index contributed by atoms with van der Waals surface area (Å²) in [4.78, 5) is 125. The van der Waals surface area contributed by atoms with Gasteiger partial charge in [-0.2, -0.15) is 0 Å². The molecule has 1 aromatic heterocycles. The van der Waals surface area contributed by atoms with Crippen LogP contribution in [0.25, 0.3) is 0 Å². The Morgan fingerprint density at radius 3 is 2.34 bits per heavy atom. The Morgan fingerprint density at radius 2 is 1.61 bits per heavy atom. The number of nitrogens with one attached hydrogen (secondary N) is 4. The molecule has 4 N–H and O–H groups in total. The van der Waals surface area contributed by atoms with Crippen molar-refractivity contribution in [1.82, 2.24) is 41.0 Å². The number of benzene rings is 1. The van der Waals surface area contributed by atoms with E-state index in [1.807, 2.05) is 6.07 Å². The van der Waals surface area contributed by atoms with E-state index in [1.54, 1.807) is 48.9 Å². The van der Waals surface area contributed by atoms with Gasteiger partial charge in [0.05, 0.1) is 56.3 Å². The first-order valence-corrected chi connectivity index (χ1v) is 22.8. The number of fused-ring (bicyclic) bond motifs is 2. The van der Waals surface area contributed by atoms with Gasteiger partial charge in [-0.05, 0) is 77.1 Å². The third-order valence-electron chi connectivity index (χ3n) is 12.3. The molecule has 0 aliphatic carbocycles. The minimum Gasteiger partial charge on any atom is -0.483 e. The molecule has 5 aliphatic heterocycles. The van der Waals surface area contributed by atoms with Gasteiger partial charge in [0.2, 0.25) is 29.5 Å². The molecule has 1 aromatic carbocycles. The van der Waals surface area contributed by atoms with Crippen molar-refractivity contribution in [2.45, 2.75) is 114 Å². The Kier molecular flexibility index (Phi) is 15.2. The first-order chi connectivity index (χ1) is 32.0. The number of pyridine rings is 1. The molecule has 5 aliphatic rings. The van der Waals surface area contributed by atoms with Crippen LogP contribution in [0.4, 0.5) is 4.79 Å². The van der Waals surface area contributed by atoms with Crippen molar-refractivity contribution in [1.29, 1.82) is 0 Å². The molecule has 21 heteroatoms. The molecule has 67 heavy (non-hydrogen) atoms. The van der Waals surface area contributed by atoms with Crippen molar-refractivity contribution < 1.29 is 62.1 Å². The van der Waals surface area contributed by atoms with E-state index >= 15 is 0 Å². The summed E-state index contributed by atoms with van der Waals surface area (Å²) in [5.74, 6) is -3.95. The van der Waals surface area contributed by atoms with E-state index in [-0.39, 0.29) is 106 Å². The molecule has 21 nitrogen and oxygen atoms in total. The number of imide groups is 2. The molecule has 0 saturated carbocycles. The van der Waals surface area contributed by atoms with E-state index in [0.29, 0.717) is 25.0 Å². The lowest BCUT2D eigenvalue weighted by Gasteiger charge is -2.51. The fraction of sp³-hybridized carbons (Fsp3) is 0.565. The zero-order chi connectivity index (χ0) is 47.9. The third kappa shape index (κ3) is 11.4. The molecule has 7 rings (SSSR count). The summed E-state index contributed by atoms with van der Waals surface area (Å²) < 4.78 is 22.2. The number of hydrogen-bond acceptors (Lipinski definition) is 14. The number of rotatable bonds is 17. The zero-order valence-electron chi connectivity index (χ0n) is 38.0. The third-order valence-corrected chi connectivity index (χ3v) is 12.3. The van der Waals surface area contributed by atoms with Gasteiger partial charge in [-0.3, -0.25) is 53.6 Å². The summed E-state index contributed by atoms with van der Waals surface area (Å²) >= 11 is 0. The zero-order valence-corrected chi connectivity index (χ0v) is 38.0. The molecular weight excluding hydrogens is 873 g/mol. The first kappa shape index (κ1) is 48.5. The maximum atomic E-state index is 14.1. The van der Waals surface area contributed by atoms with Crippen molar-refractivity contribution in [3.8, 4) is 5.75 Å². The summed E-state index contributed by atoms with van der Waals surface area (Å²) in [6.45, 7) is 5.83. The number of alkyl carbamates (subject to hydrolysis) is 1. The number of piperidine rings is 1. The SMILES string of the molecule is CC(C)(C)OC(=O)N[C@H]1CCCC[C@@H]2CC[C@@H](C(=O)N3CC(NC(=O)CCOCCOCCNC(=O)COc4cccc5c4C(=O)N(C4CCC(=O)NC4=O)C5=O)(c4ccccn4)C3)N2C1=O. The van der Waals surface area contributed by atoms with Crippen LogP contribution in [0.2, 0.25) is 0 Å². The standard InChI is InChI=1S/C46H58N8O13/c1-45(2,3)67-44(63)49-30-11-5-4-9-28-14-15-32(53(28)41(30)60)42(61)52-26-46(27-52,34-13-6-7-19-47-34)51-36(56)18-21-64-23-24-65-22-20-48-37(57)25-66-33-12-8-10-29-38(33)43(62)54(40(29)59)31-16-17-35(55)50-39(31)58/h6-8,10,12-13,19,28,30-32H,4-5,9,11,14-18,20-27H2,1-3H3,(H,48,57)(H,49,63)(H,51,56)(H,50,55,58)/t28-,30+,31?,32+/m1/s1. The van der Waals surface area contributed by atoms with Gasteiger partial charge in [0.15, 0.2) is 6.61 Å². The molecule has 0 bridgehead atoms. The minimum absolute atomic E-state index is 0.00489. The fourth-order valence-electron chi connectivity index (χ4n) is 9.16. The average Bonchev–Trinajstić information content (AvgIpc) is 3.80. The maximum Gasteiger partial charge on any atom is 0.408 e. The van der Waals surface area contributed by atoms with Crippen molar-refractivity contribution in [2.24, 2.45) is 0 Å². The van der Waals surface area contributed by atoms with E-state index in [2.05, 4.69) is 26.3 Å². The fourth-order valence-corrected chi connectivity index (χ4v) is 9.16. The van der Waals surface area contributed by atoms with E-state index in [9.17, 15) is 43.2 Å². The second kappa shape index (κ2) is 21.0. The summed E-state index contributed by atoms with van der Waals surface area (Å²) in [6.07, 6.45) is 5.00. The van der Waals surface area contributed by atoms with Gasteiger partial charge in [0, 0.05) is 31.6 Å². The Balaban J connectivity index is 0.808. The van der Waals surface area contributed by atoms with E-state index < -0.39 is 71.5 Å². The van der Waals surface area contributed by atoms with Gasteiger partial charge in [-0.15, -0.1) is 0 Å². The lowest BCUT2D eigenvalue weighted by molar-refractivity contribution is -0.154. The lowest BCUT2D eigenvalue weighted by Crippen LogP contribution is -2.71. The van der Waals surface area contributed by atoms with Crippen LogP contribution in [0.1, 0.15) is 105 Å². The van der Waals surface area contributed by atoms with Gasteiger partial charge in [-0.1, -0.05) is 25.0 Å². The second-order valence-corrected chi connectivity index (χ2v) is 18.3. The number of amides is 9. The molecule has 0 spiro atoms. The monoisotopic (exact) mass is 930 g/mol. The predicted molar refractivity (Wildman–Crippen MR) is 234 cm³/mol. The number of ether oxygens (including phenoxy) is 4. The van der Waals surface area contributed by atoms with Gasteiger partial charge in [0.25, 0.3) is 17.7 Å². The molecule has 2 aromatic rings. The molecule has 4 saturated heterocycles. The number of nitrogens with zero attached hydrogens (tertiary/aromatic N) is 4. The first-order valence-electron chi connectivity index (χ1n) is 22.8. The summed E-state index contributed by atoms with van der Waals surface area (Å²) in [7, 11) is 0. The molecule has 4 fully saturated rings.